The summed E-state index contributed by atoms with van der Waals surface area (Å²) in [5.74, 6) is -3.82. The van der Waals surface area contributed by atoms with Crippen molar-refractivity contribution in [1.82, 2.24) is 30.1 Å². The molecule has 0 bridgehead atoms. The van der Waals surface area contributed by atoms with Crippen LogP contribution in [0, 0.1) is 32.4 Å². The summed E-state index contributed by atoms with van der Waals surface area (Å²) in [4.78, 5) is 29.5. The number of alkyl halides is 6. The lowest BCUT2D eigenvalue weighted by Gasteiger charge is -2.14. The van der Waals surface area contributed by atoms with Crippen molar-refractivity contribution in [2.24, 2.45) is 0 Å². The third-order valence-corrected chi connectivity index (χ3v) is 6.77. The smallest absolute Gasteiger partial charge is 0.421 e. The molecular formula is C30H26F8N10O3. The maximum atomic E-state index is 14.4. The minimum atomic E-state index is -4.62. The van der Waals surface area contributed by atoms with Gasteiger partial charge in [0.1, 0.15) is 34.4 Å². The summed E-state index contributed by atoms with van der Waals surface area (Å²) < 4.78 is 110. The molecule has 0 atom stereocenters. The lowest BCUT2D eigenvalue weighted by molar-refractivity contribution is -0.138. The largest absolute Gasteiger partial charge is 0.478 e. The average Bonchev–Trinajstić information content (AvgIpc) is 3.48. The molecule has 0 unspecified atom stereocenters. The van der Waals surface area contributed by atoms with Crippen LogP contribution >= 0.6 is 0 Å². The highest BCUT2D eigenvalue weighted by Crippen LogP contribution is 2.36. The molecule has 21 heteroatoms. The lowest BCUT2D eigenvalue weighted by atomic mass is 10.1. The van der Waals surface area contributed by atoms with Crippen LogP contribution in [-0.4, -0.2) is 55.2 Å². The molecule has 0 radical (unpaired) electrons. The van der Waals surface area contributed by atoms with Crippen molar-refractivity contribution in [3.8, 4) is 11.5 Å². The van der Waals surface area contributed by atoms with Crippen LogP contribution in [0.1, 0.15) is 38.4 Å². The fourth-order valence-corrected chi connectivity index (χ4v) is 4.29. The van der Waals surface area contributed by atoms with E-state index in [1.807, 2.05) is 0 Å². The van der Waals surface area contributed by atoms with E-state index in [0.29, 0.717) is 29.3 Å². The van der Waals surface area contributed by atoms with Gasteiger partial charge in [0.2, 0.25) is 11.9 Å². The van der Waals surface area contributed by atoms with Crippen molar-refractivity contribution in [2.45, 2.75) is 33.1 Å². The number of hydrogen-bond acceptors (Lipinski definition) is 12. The number of carbonyl (C=O) groups is 1. The molecule has 0 saturated carbocycles. The van der Waals surface area contributed by atoms with Gasteiger partial charge in [-0.3, -0.25) is 0 Å². The standard InChI is InChI=1S/C16H14F4N6O.C14H12F4N4O2/c1-7-4-9(14-23-8(2)26-27-14)11(17)5-12(7)24-15-22-6-10(16(18,19)20)13(21-3)25-15;1-6-3-7(12(23)24)9(15)4-10(6)21-13-20-5-8(14(16,17)18)11(19-2)22-13/h4-6H,1-3H3,(H2,21,22,24,25);3-5H,1-2H3,(H,23,24)(H2,19,20,21,22). The second kappa shape index (κ2) is 14.8. The van der Waals surface area contributed by atoms with E-state index in [1.54, 1.807) is 13.8 Å². The number of aromatic carboxylic acids is 1. The molecule has 0 fully saturated rings. The van der Waals surface area contributed by atoms with E-state index in [0.717, 1.165) is 18.2 Å². The number of rotatable bonds is 8. The van der Waals surface area contributed by atoms with E-state index in [9.17, 15) is 39.9 Å². The molecule has 0 amide bonds. The van der Waals surface area contributed by atoms with Crippen molar-refractivity contribution in [3.63, 3.8) is 0 Å². The summed E-state index contributed by atoms with van der Waals surface area (Å²) >= 11 is 0. The van der Waals surface area contributed by atoms with Crippen molar-refractivity contribution < 1.29 is 49.5 Å². The van der Waals surface area contributed by atoms with Gasteiger partial charge in [-0.1, -0.05) is 5.16 Å². The Morgan fingerprint density at radius 2 is 1.20 bits per heavy atom. The fourth-order valence-electron chi connectivity index (χ4n) is 4.29. The molecule has 5 aromatic rings. The Morgan fingerprint density at radius 1 is 0.725 bits per heavy atom. The Kier molecular flexibility index (Phi) is 10.9. The number of anilines is 6. The molecule has 13 nitrogen and oxygen atoms in total. The van der Waals surface area contributed by atoms with E-state index >= 15 is 0 Å². The molecule has 0 spiro atoms. The molecule has 0 aliphatic rings. The number of aryl methyl sites for hydroxylation is 3. The third kappa shape index (κ3) is 8.91. The highest BCUT2D eigenvalue weighted by atomic mass is 19.4. The van der Waals surface area contributed by atoms with E-state index in [-0.39, 0.29) is 34.7 Å². The van der Waals surface area contributed by atoms with Gasteiger partial charge in [0.05, 0.1) is 11.1 Å². The van der Waals surface area contributed by atoms with Crippen molar-refractivity contribution in [3.05, 3.63) is 81.9 Å². The Bertz CT molecular complexity index is 2070. The maximum absolute atomic E-state index is 14.4. The van der Waals surface area contributed by atoms with Crippen LogP contribution in [-0.2, 0) is 12.4 Å². The van der Waals surface area contributed by atoms with Crippen LogP contribution in [0.2, 0.25) is 0 Å². The van der Waals surface area contributed by atoms with Crippen LogP contribution in [0.25, 0.3) is 11.5 Å². The van der Waals surface area contributed by atoms with Gasteiger partial charge < -0.3 is 30.9 Å². The molecule has 3 aromatic heterocycles. The van der Waals surface area contributed by atoms with Crippen LogP contribution in [0.15, 0.2) is 41.2 Å². The Labute approximate surface area is 282 Å². The summed E-state index contributed by atoms with van der Waals surface area (Å²) in [7, 11) is 2.58. The minimum absolute atomic E-state index is 0.0305. The first-order valence-corrected chi connectivity index (χ1v) is 14.2. The second-order valence-electron chi connectivity index (χ2n) is 10.4. The van der Waals surface area contributed by atoms with Crippen molar-refractivity contribution >= 4 is 40.9 Å². The summed E-state index contributed by atoms with van der Waals surface area (Å²) in [5, 5.41) is 22.4. The zero-order valence-electron chi connectivity index (χ0n) is 26.9. The molecule has 5 rings (SSSR count). The Hall–Kier alpha value is -6.15. The van der Waals surface area contributed by atoms with E-state index < -0.39 is 58.3 Å². The van der Waals surface area contributed by atoms with Gasteiger partial charge in [-0.15, -0.1) is 0 Å². The van der Waals surface area contributed by atoms with Crippen LogP contribution in [0.3, 0.4) is 0 Å². The first-order valence-electron chi connectivity index (χ1n) is 14.2. The number of nitrogens with one attached hydrogen (secondary N) is 4. The monoisotopic (exact) mass is 726 g/mol. The molecule has 270 valence electrons. The predicted octanol–water partition coefficient (Wildman–Crippen LogP) is 7.51. The van der Waals surface area contributed by atoms with Gasteiger partial charge >= 0.3 is 18.3 Å². The number of halogens is 8. The summed E-state index contributed by atoms with van der Waals surface area (Å²) in [5.41, 5.74) is -1.07. The van der Waals surface area contributed by atoms with Gasteiger partial charge in [-0.25, -0.2) is 23.5 Å². The SMILES string of the molecule is CNc1nc(Nc2cc(F)c(-c3nc(C)no3)cc2C)ncc1C(F)(F)F.CNc1nc(Nc2cc(F)c(C(=O)O)cc2C)ncc1C(F)(F)F. The number of carboxylic acid groups (broad SMARTS) is 1. The first-order chi connectivity index (χ1) is 23.8. The zero-order chi connectivity index (χ0) is 37.8. The number of aromatic nitrogens is 6. The fraction of sp³-hybridized carbons (Fsp3) is 0.233. The topological polar surface area (TPSA) is 176 Å². The highest BCUT2D eigenvalue weighted by Gasteiger charge is 2.36. The third-order valence-electron chi connectivity index (χ3n) is 6.77. The second-order valence-corrected chi connectivity index (χ2v) is 10.4. The summed E-state index contributed by atoms with van der Waals surface area (Å²) in [6.45, 7) is 4.80. The molecule has 3 heterocycles. The maximum Gasteiger partial charge on any atom is 0.421 e. The first kappa shape index (κ1) is 37.7. The molecule has 2 aromatic carbocycles. The molecule has 0 saturated heterocycles. The lowest BCUT2D eigenvalue weighted by Crippen LogP contribution is -2.13. The molecule has 5 N–H and O–H groups in total. The van der Waals surface area contributed by atoms with Crippen LogP contribution < -0.4 is 21.3 Å². The van der Waals surface area contributed by atoms with Gasteiger partial charge in [0.25, 0.3) is 5.89 Å². The molecular weight excluding hydrogens is 700 g/mol. The normalized spacial score (nSPS) is 11.4. The van der Waals surface area contributed by atoms with Gasteiger partial charge in [0.15, 0.2) is 5.82 Å². The van der Waals surface area contributed by atoms with E-state index in [1.165, 1.54) is 27.1 Å². The van der Waals surface area contributed by atoms with Crippen LogP contribution in [0.5, 0.6) is 0 Å². The Morgan fingerprint density at radius 3 is 1.61 bits per heavy atom. The van der Waals surface area contributed by atoms with Gasteiger partial charge in [-0.2, -0.15) is 41.3 Å². The van der Waals surface area contributed by atoms with Gasteiger partial charge in [-0.05, 0) is 56.2 Å². The summed E-state index contributed by atoms with van der Waals surface area (Å²) in [6.07, 6.45) is -7.97. The van der Waals surface area contributed by atoms with E-state index in [2.05, 4.69) is 51.3 Å². The minimum Gasteiger partial charge on any atom is -0.478 e. The number of carboxylic acids is 1. The number of nitrogens with zero attached hydrogens (tertiary/aromatic N) is 6. The Balaban J connectivity index is 0.000000230. The van der Waals surface area contributed by atoms with Crippen molar-refractivity contribution in [1.29, 1.82) is 0 Å². The summed E-state index contributed by atoms with van der Waals surface area (Å²) in [6, 6.07) is 4.65. The van der Waals surface area contributed by atoms with E-state index in [4.69, 9.17) is 9.63 Å². The highest BCUT2D eigenvalue weighted by molar-refractivity contribution is 5.89. The number of hydrogen-bond donors (Lipinski definition) is 5. The average molecular weight is 727 g/mol. The zero-order valence-corrected chi connectivity index (χ0v) is 26.9. The molecule has 51 heavy (non-hydrogen) atoms. The molecule has 0 aliphatic heterocycles. The van der Waals surface area contributed by atoms with Gasteiger partial charge in [0, 0.05) is 37.9 Å². The molecule has 0 aliphatic carbocycles. The quantitative estimate of drug-likeness (QED) is 0.0994. The predicted molar refractivity (Wildman–Crippen MR) is 167 cm³/mol. The van der Waals surface area contributed by atoms with Crippen LogP contribution in [0.4, 0.5) is 70.0 Å². The number of benzene rings is 2. The van der Waals surface area contributed by atoms with Crippen molar-refractivity contribution in [2.75, 3.05) is 35.4 Å².